The summed E-state index contributed by atoms with van der Waals surface area (Å²) < 4.78 is 37.7. The van der Waals surface area contributed by atoms with Crippen LogP contribution in [0.15, 0.2) is 52.7 Å². The molecule has 1 aromatic heterocycles. The van der Waals surface area contributed by atoms with E-state index in [1.54, 1.807) is 18.2 Å². The van der Waals surface area contributed by atoms with Crippen LogP contribution < -0.4 is 10.6 Å². The van der Waals surface area contributed by atoms with Crippen LogP contribution in [0.25, 0.3) is 0 Å². The third-order valence-electron chi connectivity index (χ3n) is 3.72. The fourth-order valence-electron chi connectivity index (χ4n) is 2.32. The molecule has 0 unspecified atom stereocenters. The molecule has 11 heteroatoms. The molecule has 152 valence electrons. The van der Waals surface area contributed by atoms with Crippen molar-refractivity contribution in [3.63, 3.8) is 0 Å². The minimum Gasteiger partial charge on any atom is -0.334 e. The zero-order valence-electron chi connectivity index (χ0n) is 14.7. The van der Waals surface area contributed by atoms with E-state index < -0.39 is 21.7 Å². The van der Waals surface area contributed by atoms with E-state index in [1.807, 2.05) is 0 Å². The molecule has 0 bridgehead atoms. The molecule has 29 heavy (non-hydrogen) atoms. The van der Waals surface area contributed by atoms with Crippen molar-refractivity contribution in [1.29, 1.82) is 0 Å². The first kappa shape index (κ1) is 21.5. The van der Waals surface area contributed by atoms with Crippen molar-refractivity contribution in [1.82, 2.24) is 10.3 Å². The predicted molar refractivity (Wildman–Crippen MR) is 112 cm³/mol. The Morgan fingerprint density at radius 1 is 1.10 bits per heavy atom. The van der Waals surface area contributed by atoms with Crippen LogP contribution in [0.4, 0.5) is 14.3 Å². The standard InChI is InChI=1S/C18H14Cl2FN3O3S2/c19-15-6-1-11(7-16(15)20)8-22-17(25)24-18-23-13(9-28-18)10-29(26,27)14-4-2-12(21)3-5-14/h1-7,9H,8,10H2,(H2,22,23,24,25). The van der Waals surface area contributed by atoms with E-state index in [1.165, 1.54) is 17.5 Å². The number of hydrogen-bond acceptors (Lipinski definition) is 5. The van der Waals surface area contributed by atoms with Gasteiger partial charge in [0, 0.05) is 11.9 Å². The van der Waals surface area contributed by atoms with Crippen molar-refractivity contribution < 1.29 is 17.6 Å². The van der Waals surface area contributed by atoms with Crippen LogP contribution in [0, 0.1) is 5.82 Å². The quantitative estimate of drug-likeness (QED) is 0.499. The second kappa shape index (κ2) is 9.08. The van der Waals surface area contributed by atoms with Gasteiger partial charge in [-0.05, 0) is 42.0 Å². The lowest BCUT2D eigenvalue weighted by atomic mass is 10.2. The molecule has 2 amide bonds. The molecule has 1 heterocycles. The number of aromatic nitrogens is 1. The lowest BCUT2D eigenvalue weighted by Crippen LogP contribution is -2.28. The van der Waals surface area contributed by atoms with E-state index >= 15 is 0 Å². The van der Waals surface area contributed by atoms with Crippen molar-refractivity contribution >= 4 is 55.5 Å². The summed E-state index contributed by atoms with van der Waals surface area (Å²) in [7, 11) is -3.67. The van der Waals surface area contributed by atoms with Crippen LogP contribution in [0.3, 0.4) is 0 Å². The van der Waals surface area contributed by atoms with E-state index in [0.29, 0.717) is 10.0 Å². The average Bonchev–Trinajstić information content (AvgIpc) is 3.09. The molecule has 2 aromatic carbocycles. The molecular weight excluding hydrogens is 460 g/mol. The Balaban J connectivity index is 1.57. The van der Waals surface area contributed by atoms with Crippen molar-refractivity contribution in [2.24, 2.45) is 0 Å². The van der Waals surface area contributed by atoms with E-state index in [2.05, 4.69) is 15.6 Å². The van der Waals surface area contributed by atoms with E-state index in [9.17, 15) is 17.6 Å². The zero-order chi connectivity index (χ0) is 21.0. The number of benzene rings is 2. The Hall–Kier alpha value is -2.20. The van der Waals surface area contributed by atoms with E-state index in [0.717, 1.165) is 29.0 Å². The van der Waals surface area contributed by atoms with Crippen LogP contribution in [-0.4, -0.2) is 19.4 Å². The number of anilines is 1. The first-order chi connectivity index (χ1) is 13.7. The predicted octanol–water partition coefficient (Wildman–Crippen LogP) is 4.88. The highest BCUT2D eigenvalue weighted by molar-refractivity contribution is 7.90. The molecular formula is C18H14Cl2FN3O3S2. The maximum absolute atomic E-state index is 13.0. The monoisotopic (exact) mass is 473 g/mol. The van der Waals surface area contributed by atoms with Gasteiger partial charge in [0.15, 0.2) is 15.0 Å². The summed E-state index contributed by atoms with van der Waals surface area (Å²) in [6, 6.07) is 9.08. The van der Waals surface area contributed by atoms with Gasteiger partial charge in [0.05, 0.1) is 26.4 Å². The highest BCUT2D eigenvalue weighted by Crippen LogP contribution is 2.23. The molecule has 0 saturated carbocycles. The third-order valence-corrected chi connectivity index (χ3v) is 6.93. The fraction of sp³-hybridized carbons (Fsp3) is 0.111. The molecule has 3 rings (SSSR count). The summed E-state index contributed by atoms with van der Waals surface area (Å²) in [5, 5.41) is 7.79. The normalized spacial score (nSPS) is 11.3. The number of sulfone groups is 1. The minimum atomic E-state index is -3.67. The Morgan fingerprint density at radius 2 is 1.83 bits per heavy atom. The Morgan fingerprint density at radius 3 is 2.52 bits per heavy atom. The van der Waals surface area contributed by atoms with Crippen molar-refractivity contribution in [3.8, 4) is 0 Å². The number of nitrogens with zero attached hydrogens (tertiary/aromatic N) is 1. The lowest BCUT2D eigenvalue weighted by molar-refractivity contribution is 0.251. The number of thiazole rings is 1. The molecule has 0 radical (unpaired) electrons. The number of carbonyl (C=O) groups is 1. The molecule has 6 nitrogen and oxygen atoms in total. The minimum absolute atomic E-state index is 0.000720. The maximum atomic E-state index is 13.0. The summed E-state index contributed by atoms with van der Waals surface area (Å²) in [4.78, 5) is 16.1. The van der Waals surface area contributed by atoms with Gasteiger partial charge in [0.1, 0.15) is 5.82 Å². The average molecular weight is 474 g/mol. The van der Waals surface area contributed by atoms with Crippen molar-refractivity contribution in [2.45, 2.75) is 17.2 Å². The van der Waals surface area contributed by atoms with Gasteiger partial charge in [0.2, 0.25) is 0 Å². The second-order valence-electron chi connectivity index (χ2n) is 5.91. The summed E-state index contributed by atoms with van der Waals surface area (Å²) in [5.41, 5.74) is 1.04. The second-order valence-corrected chi connectivity index (χ2v) is 9.58. The summed E-state index contributed by atoms with van der Waals surface area (Å²) >= 11 is 12.9. The molecule has 2 N–H and O–H groups in total. The number of carbonyl (C=O) groups excluding carboxylic acids is 1. The Bertz CT molecular complexity index is 1140. The van der Waals surface area contributed by atoms with Crippen LogP contribution in [0.1, 0.15) is 11.3 Å². The number of urea groups is 1. The highest BCUT2D eigenvalue weighted by Gasteiger charge is 2.18. The summed E-state index contributed by atoms with van der Waals surface area (Å²) in [6.07, 6.45) is 0. The van der Waals surface area contributed by atoms with E-state index in [-0.39, 0.29) is 28.0 Å². The van der Waals surface area contributed by atoms with Crippen LogP contribution in [0.5, 0.6) is 0 Å². The van der Waals surface area contributed by atoms with Crippen molar-refractivity contribution in [2.75, 3.05) is 5.32 Å². The van der Waals surface area contributed by atoms with Crippen molar-refractivity contribution in [3.05, 3.63) is 75.0 Å². The third kappa shape index (κ3) is 5.89. The van der Waals surface area contributed by atoms with Gasteiger partial charge in [-0.25, -0.2) is 22.6 Å². The first-order valence-electron chi connectivity index (χ1n) is 8.14. The zero-order valence-corrected chi connectivity index (χ0v) is 17.8. The highest BCUT2D eigenvalue weighted by atomic mass is 35.5. The largest absolute Gasteiger partial charge is 0.334 e. The first-order valence-corrected chi connectivity index (χ1v) is 11.4. The number of hydrogen-bond donors (Lipinski definition) is 2. The van der Waals surface area contributed by atoms with Crippen LogP contribution in [0.2, 0.25) is 10.0 Å². The maximum Gasteiger partial charge on any atom is 0.321 e. The van der Waals surface area contributed by atoms with Crippen LogP contribution in [-0.2, 0) is 22.1 Å². The number of halogens is 3. The topological polar surface area (TPSA) is 88.2 Å². The van der Waals surface area contributed by atoms with Crippen LogP contribution >= 0.6 is 34.5 Å². The van der Waals surface area contributed by atoms with Gasteiger partial charge in [-0.1, -0.05) is 29.3 Å². The number of amides is 2. The van der Waals surface area contributed by atoms with E-state index in [4.69, 9.17) is 23.2 Å². The molecule has 0 aliphatic carbocycles. The summed E-state index contributed by atoms with van der Waals surface area (Å²) in [5.74, 6) is -0.877. The van der Waals surface area contributed by atoms with Gasteiger partial charge in [0.25, 0.3) is 0 Å². The Kier molecular flexibility index (Phi) is 6.74. The Labute approximate surface area is 180 Å². The van der Waals surface area contributed by atoms with Gasteiger partial charge in [-0.3, -0.25) is 5.32 Å². The molecule has 3 aromatic rings. The lowest BCUT2D eigenvalue weighted by Gasteiger charge is -2.06. The molecule has 0 spiro atoms. The molecule has 0 saturated heterocycles. The number of rotatable bonds is 6. The van der Waals surface area contributed by atoms with Gasteiger partial charge in [-0.2, -0.15) is 0 Å². The number of nitrogens with one attached hydrogen (secondary N) is 2. The summed E-state index contributed by atoms with van der Waals surface area (Å²) in [6.45, 7) is 0.222. The fourth-order valence-corrected chi connectivity index (χ4v) is 4.71. The van der Waals surface area contributed by atoms with Gasteiger partial charge < -0.3 is 5.32 Å². The molecule has 0 fully saturated rings. The SMILES string of the molecule is O=C(NCc1ccc(Cl)c(Cl)c1)Nc1nc(CS(=O)(=O)c2ccc(F)cc2)cs1. The molecule has 0 aliphatic heterocycles. The molecule has 0 aliphatic rings. The smallest absolute Gasteiger partial charge is 0.321 e. The van der Waals surface area contributed by atoms with Gasteiger partial charge in [-0.15, -0.1) is 11.3 Å². The van der Waals surface area contributed by atoms with Gasteiger partial charge >= 0.3 is 6.03 Å². The molecule has 0 atom stereocenters.